The van der Waals surface area contributed by atoms with E-state index < -0.39 is 26.3 Å². The Kier molecular flexibility index (Phi) is 10.8. The highest BCUT2D eigenvalue weighted by atomic mass is 28.4. The zero-order valence-corrected chi connectivity index (χ0v) is 27.8. The van der Waals surface area contributed by atoms with Crippen molar-refractivity contribution in [3.05, 3.63) is 96.6 Å². The molecule has 0 saturated carbocycles. The van der Waals surface area contributed by atoms with Crippen LogP contribution in [0.5, 0.6) is 0 Å². The first-order chi connectivity index (χ1) is 20.5. The molecule has 0 unspecified atom stereocenters. The summed E-state index contributed by atoms with van der Waals surface area (Å²) < 4.78 is 19.5. The third kappa shape index (κ3) is 7.36. The molecule has 0 N–H and O–H groups in total. The van der Waals surface area contributed by atoms with Gasteiger partial charge in [-0.25, -0.2) is 4.79 Å². The summed E-state index contributed by atoms with van der Waals surface area (Å²) in [4.78, 5) is 25.9. The third-order valence-electron chi connectivity index (χ3n) is 9.04. The summed E-state index contributed by atoms with van der Waals surface area (Å²) in [7, 11) is -2.67. The summed E-state index contributed by atoms with van der Waals surface area (Å²) in [6, 6.07) is 30.2. The Balaban J connectivity index is 1.48. The van der Waals surface area contributed by atoms with Crippen molar-refractivity contribution in [2.75, 3.05) is 6.61 Å². The van der Waals surface area contributed by atoms with Crippen molar-refractivity contribution >= 4 is 30.4 Å². The zero-order chi connectivity index (χ0) is 31.2. The normalized spacial score (nSPS) is 21.4. The number of hydrogen-bond donors (Lipinski definition) is 0. The maximum atomic E-state index is 13.4. The molecule has 3 aromatic carbocycles. The highest BCUT2D eigenvalue weighted by molar-refractivity contribution is 6.99. The monoisotopic (exact) mass is 600 g/mol. The second kappa shape index (κ2) is 14.1. The lowest BCUT2D eigenvalue weighted by molar-refractivity contribution is -0.151. The van der Waals surface area contributed by atoms with Crippen molar-refractivity contribution in [3.63, 3.8) is 0 Å². The van der Waals surface area contributed by atoms with Crippen molar-refractivity contribution in [2.24, 2.45) is 17.8 Å². The van der Waals surface area contributed by atoms with Gasteiger partial charge in [0.2, 0.25) is 0 Å². The number of carbonyl (C=O) groups is 2. The van der Waals surface area contributed by atoms with Gasteiger partial charge in [0.25, 0.3) is 8.32 Å². The van der Waals surface area contributed by atoms with Crippen LogP contribution in [-0.4, -0.2) is 45.0 Å². The Morgan fingerprint density at radius 2 is 1.35 bits per heavy atom. The minimum Gasteiger partial charge on any atom is -0.451 e. The molecule has 4 rings (SSSR count). The van der Waals surface area contributed by atoms with E-state index >= 15 is 0 Å². The number of rotatable bonds is 11. The zero-order valence-electron chi connectivity index (χ0n) is 26.8. The van der Waals surface area contributed by atoms with Crippen LogP contribution in [-0.2, 0) is 18.7 Å². The lowest BCUT2D eigenvalue weighted by Gasteiger charge is -2.45. The van der Waals surface area contributed by atoms with Crippen molar-refractivity contribution in [3.8, 4) is 0 Å². The number of Topliss-reactive ketones (excluding diaryl/α,β-unsaturated/α-hetero) is 1. The van der Waals surface area contributed by atoms with Crippen LogP contribution in [0.15, 0.2) is 91.0 Å². The molecule has 6 heteroatoms. The van der Waals surface area contributed by atoms with Crippen LogP contribution >= 0.6 is 0 Å². The Hall–Kier alpha value is -3.06. The van der Waals surface area contributed by atoms with Gasteiger partial charge in [-0.15, -0.1) is 0 Å². The van der Waals surface area contributed by atoms with E-state index in [-0.39, 0.29) is 28.9 Å². The maximum absolute atomic E-state index is 13.4. The third-order valence-corrected chi connectivity index (χ3v) is 14.0. The van der Waals surface area contributed by atoms with Crippen molar-refractivity contribution in [1.29, 1.82) is 0 Å². The summed E-state index contributed by atoms with van der Waals surface area (Å²) >= 11 is 0. The standard InChI is InChI=1S/C37H48O5Si/c1-26-23-24-33(28(3)34(38)29(4)41-36(39)30-17-11-8-12-18-30)42-35(26)27(2)25-40-43(37(5,6)7,31-19-13-9-14-20-31)32-21-15-10-16-22-32/h8-22,26-29,33,35H,23-25H2,1-7H3/t26-,27-,28-,29+,33-,35+/m0/s1. The largest absolute Gasteiger partial charge is 0.451 e. The minimum atomic E-state index is -2.67. The molecular formula is C37H48O5Si. The van der Waals surface area contributed by atoms with Gasteiger partial charge in [0.1, 0.15) is 0 Å². The number of benzene rings is 3. The molecule has 6 atom stereocenters. The van der Waals surface area contributed by atoms with Gasteiger partial charge < -0.3 is 13.9 Å². The van der Waals surface area contributed by atoms with Gasteiger partial charge in [-0.2, -0.15) is 0 Å². The van der Waals surface area contributed by atoms with E-state index in [2.05, 4.69) is 95.3 Å². The predicted octanol–water partition coefficient (Wildman–Crippen LogP) is 6.83. The second-order valence-corrected chi connectivity index (χ2v) is 17.6. The fourth-order valence-electron chi connectivity index (χ4n) is 6.59. The Labute approximate surface area is 259 Å². The van der Waals surface area contributed by atoms with Crippen molar-refractivity contribution in [2.45, 2.75) is 84.7 Å². The molecule has 1 fully saturated rings. The van der Waals surface area contributed by atoms with E-state index in [1.54, 1.807) is 31.2 Å². The van der Waals surface area contributed by atoms with Crippen molar-refractivity contribution in [1.82, 2.24) is 0 Å². The molecule has 1 aliphatic rings. The summed E-state index contributed by atoms with van der Waals surface area (Å²) in [5.41, 5.74) is 0.437. The molecule has 3 aromatic rings. The average molecular weight is 601 g/mol. The molecule has 1 saturated heterocycles. The van der Waals surface area contributed by atoms with Gasteiger partial charge in [0, 0.05) is 18.4 Å². The van der Waals surface area contributed by atoms with E-state index in [4.69, 9.17) is 13.9 Å². The molecule has 5 nitrogen and oxygen atoms in total. The fourth-order valence-corrected chi connectivity index (χ4v) is 11.3. The first-order valence-electron chi connectivity index (χ1n) is 15.7. The van der Waals surface area contributed by atoms with Gasteiger partial charge in [-0.1, -0.05) is 120 Å². The van der Waals surface area contributed by atoms with Gasteiger partial charge in [0.05, 0.1) is 17.8 Å². The number of ether oxygens (including phenoxy) is 2. The highest BCUT2D eigenvalue weighted by Crippen LogP contribution is 2.38. The Morgan fingerprint density at radius 3 is 1.86 bits per heavy atom. The van der Waals surface area contributed by atoms with Crippen LogP contribution in [0.3, 0.4) is 0 Å². The van der Waals surface area contributed by atoms with Crippen LogP contribution in [0.25, 0.3) is 0 Å². The molecule has 0 aliphatic carbocycles. The Bertz CT molecular complexity index is 1280. The first kappa shape index (κ1) is 32.8. The summed E-state index contributed by atoms with van der Waals surface area (Å²) in [5.74, 6) is -0.532. The molecule has 1 heterocycles. The summed E-state index contributed by atoms with van der Waals surface area (Å²) in [5, 5.41) is 2.41. The maximum Gasteiger partial charge on any atom is 0.338 e. The Morgan fingerprint density at radius 1 is 0.837 bits per heavy atom. The molecule has 0 radical (unpaired) electrons. The molecule has 0 aromatic heterocycles. The van der Waals surface area contributed by atoms with E-state index in [9.17, 15) is 9.59 Å². The number of hydrogen-bond acceptors (Lipinski definition) is 5. The summed E-state index contributed by atoms with van der Waals surface area (Å²) in [6.07, 6.45) is 0.636. The van der Waals surface area contributed by atoms with Crippen molar-refractivity contribution < 1.29 is 23.5 Å². The SMILES string of the molecule is C[C@H](C(=O)[C@@H](C)OC(=O)c1ccccc1)[C@@H]1CC[C@H](C)[C@H]([C@@H](C)CO[Si](c2ccccc2)(c2ccccc2)C(C)(C)C)O1. The van der Waals surface area contributed by atoms with Gasteiger partial charge in [0.15, 0.2) is 11.9 Å². The minimum absolute atomic E-state index is 0.0469. The quantitative estimate of drug-likeness (QED) is 0.178. The second-order valence-electron chi connectivity index (χ2n) is 13.2. The van der Waals surface area contributed by atoms with Crippen LogP contribution in [0.1, 0.15) is 71.7 Å². The van der Waals surface area contributed by atoms with E-state index in [0.717, 1.165) is 12.8 Å². The van der Waals surface area contributed by atoms with Crippen LogP contribution < -0.4 is 10.4 Å². The molecule has 1 aliphatic heterocycles. The van der Waals surface area contributed by atoms with E-state index in [0.29, 0.717) is 18.1 Å². The van der Waals surface area contributed by atoms with E-state index in [1.165, 1.54) is 10.4 Å². The van der Waals surface area contributed by atoms with Crippen LogP contribution in [0.2, 0.25) is 5.04 Å². The van der Waals surface area contributed by atoms with Crippen LogP contribution in [0, 0.1) is 17.8 Å². The number of ketones is 1. The smallest absolute Gasteiger partial charge is 0.338 e. The van der Waals surface area contributed by atoms with E-state index in [1.807, 2.05) is 13.0 Å². The molecule has 43 heavy (non-hydrogen) atoms. The molecular weight excluding hydrogens is 552 g/mol. The van der Waals surface area contributed by atoms with Gasteiger partial charge in [-0.3, -0.25) is 4.79 Å². The van der Waals surface area contributed by atoms with Crippen LogP contribution in [0.4, 0.5) is 0 Å². The lowest BCUT2D eigenvalue weighted by atomic mass is 9.82. The fraction of sp³-hybridized carbons (Fsp3) is 0.459. The predicted molar refractivity (Wildman–Crippen MR) is 175 cm³/mol. The summed E-state index contributed by atoms with van der Waals surface area (Å²) in [6.45, 7) is 15.4. The average Bonchev–Trinajstić information content (AvgIpc) is 3.01. The lowest BCUT2D eigenvalue weighted by Crippen LogP contribution is -2.67. The highest BCUT2D eigenvalue weighted by Gasteiger charge is 2.50. The van der Waals surface area contributed by atoms with Gasteiger partial charge >= 0.3 is 5.97 Å². The topological polar surface area (TPSA) is 61.8 Å². The first-order valence-corrected chi connectivity index (χ1v) is 17.6. The molecule has 0 bridgehead atoms. The molecule has 0 spiro atoms. The molecule has 0 amide bonds. The number of esters is 1. The van der Waals surface area contributed by atoms with Gasteiger partial charge in [-0.05, 0) is 53.2 Å². The molecule has 230 valence electrons. The number of carbonyl (C=O) groups excluding carboxylic acids is 2.